The van der Waals surface area contributed by atoms with Crippen LogP contribution in [0.5, 0.6) is 5.75 Å². The summed E-state index contributed by atoms with van der Waals surface area (Å²) in [7, 11) is 0. The van der Waals surface area contributed by atoms with E-state index in [1.165, 1.54) is 4.90 Å². The smallest absolute Gasteiger partial charge is 0.293 e. The molecule has 1 saturated heterocycles. The van der Waals surface area contributed by atoms with Gasteiger partial charge in [-0.1, -0.05) is 42.3 Å². The lowest BCUT2D eigenvalue weighted by Gasteiger charge is -2.11. The van der Waals surface area contributed by atoms with Crippen molar-refractivity contribution in [3.8, 4) is 5.75 Å². The zero-order valence-electron chi connectivity index (χ0n) is 14.9. The standard InChI is InChI=1S/C20H16BrCl2NO3S/c1-2-7-24-19(25)18(28-20(24)26)9-12-3-6-17(15(21)8-12)27-11-13-4-5-14(22)10-16(13)23/h3-6,8-10H,2,7,11H2,1H3/b18-9+. The third kappa shape index (κ3) is 4.92. The maximum Gasteiger partial charge on any atom is 0.293 e. The average Bonchev–Trinajstić information content (AvgIpc) is 2.90. The minimum absolute atomic E-state index is 0.225. The molecule has 2 aromatic carbocycles. The number of amides is 2. The van der Waals surface area contributed by atoms with E-state index >= 15 is 0 Å². The SMILES string of the molecule is CCCN1C(=O)S/C(=C/c2ccc(OCc3ccc(Cl)cc3Cl)c(Br)c2)C1=O. The molecule has 0 aliphatic carbocycles. The van der Waals surface area contributed by atoms with Crippen molar-refractivity contribution in [2.75, 3.05) is 6.54 Å². The predicted octanol–water partition coefficient (Wildman–Crippen LogP) is 6.78. The topological polar surface area (TPSA) is 46.6 Å². The maximum atomic E-state index is 12.3. The van der Waals surface area contributed by atoms with Crippen molar-refractivity contribution in [1.29, 1.82) is 0 Å². The van der Waals surface area contributed by atoms with Crippen molar-refractivity contribution in [2.24, 2.45) is 0 Å². The molecule has 3 rings (SSSR count). The van der Waals surface area contributed by atoms with Crippen LogP contribution in [0.1, 0.15) is 24.5 Å². The second kappa shape index (κ2) is 9.35. The molecule has 4 nitrogen and oxygen atoms in total. The molecule has 1 heterocycles. The van der Waals surface area contributed by atoms with Crippen molar-refractivity contribution in [3.05, 3.63) is 66.9 Å². The molecule has 1 aliphatic heterocycles. The summed E-state index contributed by atoms with van der Waals surface area (Å²) < 4.78 is 6.56. The number of ether oxygens (including phenoxy) is 1. The lowest BCUT2D eigenvalue weighted by atomic mass is 10.2. The molecule has 0 N–H and O–H groups in total. The maximum absolute atomic E-state index is 12.3. The molecule has 0 radical (unpaired) electrons. The molecule has 0 saturated carbocycles. The third-order valence-electron chi connectivity index (χ3n) is 3.97. The molecule has 0 bridgehead atoms. The number of hydrogen-bond donors (Lipinski definition) is 0. The number of hydrogen-bond acceptors (Lipinski definition) is 4. The zero-order valence-corrected chi connectivity index (χ0v) is 18.8. The van der Waals surface area contributed by atoms with E-state index in [4.69, 9.17) is 27.9 Å². The first kappa shape index (κ1) is 21.2. The first-order valence-electron chi connectivity index (χ1n) is 8.50. The van der Waals surface area contributed by atoms with Crippen LogP contribution >= 0.6 is 50.9 Å². The highest BCUT2D eigenvalue weighted by Gasteiger charge is 2.34. The summed E-state index contributed by atoms with van der Waals surface area (Å²) in [4.78, 5) is 26.0. The highest BCUT2D eigenvalue weighted by molar-refractivity contribution is 9.10. The number of benzene rings is 2. The van der Waals surface area contributed by atoms with Crippen LogP contribution in [0.3, 0.4) is 0 Å². The van der Waals surface area contributed by atoms with Gasteiger partial charge in [-0.05, 0) is 70.0 Å². The molecule has 1 fully saturated rings. The molecule has 1 aliphatic rings. The van der Waals surface area contributed by atoms with Gasteiger partial charge in [0, 0.05) is 22.2 Å². The van der Waals surface area contributed by atoms with E-state index in [1.54, 1.807) is 24.3 Å². The highest BCUT2D eigenvalue weighted by atomic mass is 79.9. The van der Waals surface area contributed by atoms with Crippen LogP contribution in [0, 0.1) is 0 Å². The minimum Gasteiger partial charge on any atom is -0.488 e. The van der Waals surface area contributed by atoms with Gasteiger partial charge in [0.2, 0.25) is 0 Å². The van der Waals surface area contributed by atoms with Crippen LogP contribution in [0.25, 0.3) is 6.08 Å². The summed E-state index contributed by atoms with van der Waals surface area (Å²) in [5.74, 6) is 0.396. The van der Waals surface area contributed by atoms with Gasteiger partial charge in [0.1, 0.15) is 12.4 Å². The fraction of sp³-hybridized carbons (Fsp3) is 0.200. The molecule has 0 aromatic heterocycles. The molecule has 2 aromatic rings. The van der Waals surface area contributed by atoms with E-state index in [1.807, 2.05) is 25.1 Å². The van der Waals surface area contributed by atoms with Gasteiger partial charge in [-0.15, -0.1) is 0 Å². The summed E-state index contributed by atoms with van der Waals surface area (Å²) in [6, 6.07) is 10.7. The Morgan fingerprint density at radius 1 is 1.18 bits per heavy atom. The van der Waals surface area contributed by atoms with Gasteiger partial charge < -0.3 is 4.74 Å². The van der Waals surface area contributed by atoms with E-state index in [0.717, 1.165) is 33.8 Å². The van der Waals surface area contributed by atoms with Crippen molar-refractivity contribution < 1.29 is 14.3 Å². The second-order valence-electron chi connectivity index (χ2n) is 6.05. The van der Waals surface area contributed by atoms with Crippen LogP contribution in [0.2, 0.25) is 10.0 Å². The molecule has 0 atom stereocenters. The Labute approximate surface area is 186 Å². The van der Waals surface area contributed by atoms with Gasteiger partial charge in [-0.2, -0.15) is 0 Å². The van der Waals surface area contributed by atoms with Gasteiger partial charge in [-0.25, -0.2) is 0 Å². The van der Waals surface area contributed by atoms with Crippen LogP contribution in [-0.4, -0.2) is 22.6 Å². The number of nitrogens with zero attached hydrogens (tertiary/aromatic N) is 1. The summed E-state index contributed by atoms with van der Waals surface area (Å²) in [6.45, 7) is 2.66. The predicted molar refractivity (Wildman–Crippen MR) is 118 cm³/mol. The van der Waals surface area contributed by atoms with Crippen molar-refractivity contribution in [1.82, 2.24) is 4.90 Å². The van der Waals surface area contributed by atoms with Crippen LogP contribution in [0.4, 0.5) is 4.79 Å². The number of carbonyl (C=O) groups is 2. The van der Waals surface area contributed by atoms with E-state index in [9.17, 15) is 9.59 Å². The quantitative estimate of drug-likeness (QED) is 0.410. The molecular weight excluding hydrogens is 485 g/mol. The minimum atomic E-state index is -0.245. The molecule has 8 heteroatoms. The Kier molecular flexibility index (Phi) is 7.10. The summed E-state index contributed by atoms with van der Waals surface area (Å²) in [6.07, 6.45) is 2.45. The van der Waals surface area contributed by atoms with Gasteiger partial charge in [0.25, 0.3) is 11.1 Å². The molecule has 146 valence electrons. The van der Waals surface area contributed by atoms with Crippen molar-refractivity contribution >= 4 is 68.1 Å². The Bertz CT molecular complexity index is 964. The monoisotopic (exact) mass is 499 g/mol. The van der Waals surface area contributed by atoms with E-state index in [-0.39, 0.29) is 11.1 Å². The average molecular weight is 501 g/mol. The molecule has 0 unspecified atom stereocenters. The van der Waals surface area contributed by atoms with Gasteiger partial charge >= 0.3 is 0 Å². The van der Waals surface area contributed by atoms with Crippen LogP contribution < -0.4 is 4.74 Å². The van der Waals surface area contributed by atoms with Crippen molar-refractivity contribution in [3.63, 3.8) is 0 Å². The first-order chi connectivity index (χ1) is 13.4. The highest BCUT2D eigenvalue weighted by Crippen LogP contribution is 2.34. The Hall–Kier alpha value is -1.47. The Morgan fingerprint density at radius 3 is 2.64 bits per heavy atom. The Morgan fingerprint density at radius 2 is 1.96 bits per heavy atom. The lowest BCUT2D eigenvalue weighted by molar-refractivity contribution is -0.122. The van der Waals surface area contributed by atoms with Crippen LogP contribution in [-0.2, 0) is 11.4 Å². The number of thioether (sulfide) groups is 1. The number of rotatable bonds is 6. The van der Waals surface area contributed by atoms with E-state index in [0.29, 0.717) is 33.9 Å². The molecule has 2 amide bonds. The van der Waals surface area contributed by atoms with E-state index < -0.39 is 0 Å². The third-order valence-corrected chi connectivity index (χ3v) is 6.09. The molecular formula is C20H16BrCl2NO3S. The van der Waals surface area contributed by atoms with Gasteiger partial charge in [0.15, 0.2) is 0 Å². The normalized spacial score (nSPS) is 15.6. The zero-order chi connectivity index (χ0) is 20.3. The van der Waals surface area contributed by atoms with Gasteiger partial charge in [0.05, 0.1) is 9.38 Å². The lowest BCUT2D eigenvalue weighted by Crippen LogP contribution is -2.28. The van der Waals surface area contributed by atoms with Crippen molar-refractivity contribution in [2.45, 2.75) is 20.0 Å². The fourth-order valence-electron chi connectivity index (χ4n) is 2.59. The number of imide groups is 1. The summed E-state index contributed by atoms with van der Waals surface area (Å²) in [5, 5.41) is 0.891. The van der Waals surface area contributed by atoms with Crippen LogP contribution in [0.15, 0.2) is 45.8 Å². The second-order valence-corrected chi connectivity index (χ2v) is 8.74. The summed E-state index contributed by atoms with van der Waals surface area (Å²) >= 11 is 16.5. The van der Waals surface area contributed by atoms with Gasteiger partial charge in [-0.3, -0.25) is 14.5 Å². The fourth-order valence-corrected chi connectivity index (χ4v) is 4.42. The summed E-state index contributed by atoms with van der Waals surface area (Å²) in [5.41, 5.74) is 1.62. The number of carbonyl (C=O) groups excluding carboxylic acids is 2. The molecule has 28 heavy (non-hydrogen) atoms. The Balaban J connectivity index is 1.72. The molecule has 0 spiro atoms. The number of halogens is 3. The largest absolute Gasteiger partial charge is 0.488 e. The van der Waals surface area contributed by atoms with E-state index in [2.05, 4.69) is 15.9 Å². The first-order valence-corrected chi connectivity index (χ1v) is 10.9.